The van der Waals surface area contributed by atoms with Crippen LogP contribution < -0.4 is 4.74 Å². The molecule has 26 heavy (non-hydrogen) atoms. The minimum Gasteiger partial charge on any atom is -0.491 e. The fourth-order valence-corrected chi connectivity index (χ4v) is 3.24. The van der Waals surface area contributed by atoms with Crippen molar-refractivity contribution >= 4 is 6.09 Å². The number of aliphatic hydroxyl groups is 1. The first kappa shape index (κ1) is 20.5. The van der Waals surface area contributed by atoms with Crippen LogP contribution in [0.2, 0.25) is 0 Å². The van der Waals surface area contributed by atoms with E-state index in [-0.39, 0.29) is 30.6 Å². The van der Waals surface area contributed by atoms with Gasteiger partial charge < -0.3 is 14.6 Å². The van der Waals surface area contributed by atoms with Gasteiger partial charge in [0.15, 0.2) is 0 Å². The van der Waals surface area contributed by atoms with Crippen molar-refractivity contribution in [3.8, 4) is 5.75 Å². The molecule has 1 fully saturated rings. The van der Waals surface area contributed by atoms with Crippen LogP contribution in [0.3, 0.4) is 0 Å². The molecule has 146 valence electrons. The van der Waals surface area contributed by atoms with Gasteiger partial charge in [0.2, 0.25) is 0 Å². The van der Waals surface area contributed by atoms with Gasteiger partial charge in [0.1, 0.15) is 23.8 Å². The molecule has 1 aromatic carbocycles. The monoisotopic (exact) mass is 367 g/mol. The molecule has 0 aliphatic carbocycles. The van der Waals surface area contributed by atoms with Crippen molar-refractivity contribution in [2.45, 2.75) is 70.6 Å². The van der Waals surface area contributed by atoms with Crippen LogP contribution in [0.15, 0.2) is 24.3 Å². The lowest BCUT2D eigenvalue weighted by molar-refractivity contribution is 0.00924. The lowest BCUT2D eigenvalue weighted by atomic mass is 10.1. The summed E-state index contributed by atoms with van der Waals surface area (Å²) in [5, 5.41) is 9.00. The van der Waals surface area contributed by atoms with Crippen LogP contribution in [0, 0.1) is 5.82 Å². The van der Waals surface area contributed by atoms with Gasteiger partial charge >= 0.3 is 6.09 Å². The maximum Gasteiger partial charge on any atom is 0.410 e. The Morgan fingerprint density at radius 3 is 2.46 bits per heavy atom. The quantitative estimate of drug-likeness (QED) is 0.736. The number of benzene rings is 1. The molecule has 5 nitrogen and oxygen atoms in total. The maximum atomic E-state index is 13.0. The Balaban J connectivity index is 2.02. The molecule has 0 bridgehead atoms. The van der Waals surface area contributed by atoms with E-state index in [1.165, 1.54) is 12.1 Å². The van der Waals surface area contributed by atoms with Crippen LogP contribution in [0.25, 0.3) is 0 Å². The molecule has 1 unspecified atom stereocenters. The van der Waals surface area contributed by atoms with E-state index in [1.54, 1.807) is 17.0 Å². The number of unbranched alkanes of at least 4 members (excludes halogenated alkanes) is 1. The van der Waals surface area contributed by atoms with Crippen molar-refractivity contribution in [3.63, 3.8) is 0 Å². The second-order valence-corrected chi connectivity index (χ2v) is 7.76. The molecule has 1 heterocycles. The standard InChI is InChI=1S/C20H30FNO4/c1-20(2,3)26-19(24)22-16(6-4-5-13-23)9-10-17(22)14-25-18-11-7-15(21)8-12-18/h7-8,11-12,16-17,23H,4-6,9-10,13-14H2,1-3H3/t16?,17-/m0/s1. The molecule has 1 saturated heterocycles. The predicted octanol–water partition coefficient (Wildman–Crippen LogP) is 4.14. The largest absolute Gasteiger partial charge is 0.491 e. The Hall–Kier alpha value is -1.82. The number of rotatable bonds is 7. The molecule has 1 N–H and O–H groups in total. The second-order valence-electron chi connectivity index (χ2n) is 7.76. The lowest BCUT2D eigenvalue weighted by Gasteiger charge is -2.32. The number of nitrogens with zero attached hydrogens (tertiary/aromatic N) is 1. The molecule has 1 aromatic rings. The number of hydrogen-bond donors (Lipinski definition) is 1. The number of carbonyl (C=O) groups is 1. The van der Waals surface area contributed by atoms with Gasteiger partial charge in [-0.1, -0.05) is 0 Å². The molecule has 1 amide bonds. The van der Waals surface area contributed by atoms with E-state index in [9.17, 15) is 9.18 Å². The summed E-state index contributed by atoms with van der Waals surface area (Å²) in [6, 6.07) is 5.90. The summed E-state index contributed by atoms with van der Waals surface area (Å²) in [7, 11) is 0. The number of amides is 1. The highest BCUT2D eigenvalue weighted by molar-refractivity contribution is 5.69. The summed E-state index contributed by atoms with van der Waals surface area (Å²) in [5.41, 5.74) is -0.558. The number of aliphatic hydroxyl groups excluding tert-OH is 1. The van der Waals surface area contributed by atoms with Crippen molar-refractivity contribution < 1.29 is 23.8 Å². The van der Waals surface area contributed by atoms with E-state index in [2.05, 4.69) is 0 Å². The first-order chi connectivity index (χ1) is 12.3. The highest BCUT2D eigenvalue weighted by Gasteiger charge is 2.39. The van der Waals surface area contributed by atoms with Gasteiger partial charge in [-0.15, -0.1) is 0 Å². The molecular formula is C20H30FNO4. The van der Waals surface area contributed by atoms with E-state index >= 15 is 0 Å². The Morgan fingerprint density at radius 1 is 1.19 bits per heavy atom. The summed E-state index contributed by atoms with van der Waals surface area (Å²) >= 11 is 0. The highest BCUT2D eigenvalue weighted by Crippen LogP contribution is 2.30. The van der Waals surface area contributed by atoms with E-state index in [0.29, 0.717) is 12.4 Å². The van der Waals surface area contributed by atoms with Crippen molar-refractivity contribution in [2.24, 2.45) is 0 Å². The highest BCUT2D eigenvalue weighted by atomic mass is 19.1. The summed E-state index contributed by atoms with van der Waals surface area (Å²) in [5.74, 6) is 0.275. The van der Waals surface area contributed by atoms with Gasteiger partial charge in [0.05, 0.1) is 6.04 Å². The molecule has 0 saturated carbocycles. The van der Waals surface area contributed by atoms with Gasteiger partial charge in [0, 0.05) is 12.6 Å². The summed E-state index contributed by atoms with van der Waals surface area (Å²) in [4.78, 5) is 14.5. The minimum absolute atomic E-state index is 0.0750. The molecule has 0 aromatic heterocycles. The summed E-state index contributed by atoms with van der Waals surface area (Å²) in [6.45, 7) is 6.07. The van der Waals surface area contributed by atoms with E-state index in [0.717, 1.165) is 32.1 Å². The van der Waals surface area contributed by atoms with E-state index in [4.69, 9.17) is 14.6 Å². The van der Waals surface area contributed by atoms with Crippen molar-refractivity contribution in [1.29, 1.82) is 0 Å². The number of carbonyl (C=O) groups excluding carboxylic acids is 1. The zero-order valence-corrected chi connectivity index (χ0v) is 15.9. The molecule has 1 aliphatic rings. The first-order valence-corrected chi connectivity index (χ1v) is 9.30. The minimum atomic E-state index is -0.558. The van der Waals surface area contributed by atoms with Gasteiger partial charge in [-0.2, -0.15) is 0 Å². The topological polar surface area (TPSA) is 59.0 Å². The number of ether oxygens (including phenoxy) is 2. The van der Waals surface area contributed by atoms with Crippen molar-refractivity contribution in [2.75, 3.05) is 13.2 Å². The Kier molecular flexibility index (Phi) is 7.26. The molecule has 1 aliphatic heterocycles. The Bertz CT molecular complexity index is 570. The van der Waals surface area contributed by atoms with Crippen LogP contribution in [0.5, 0.6) is 5.75 Å². The van der Waals surface area contributed by atoms with E-state index < -0.39 is 5.60 Å². The third-order valence-electron chi connectivity index (χ3n) is 4.43. The normalized spacial score (nSPS) is 20.3. The molecule has 6 heteroatoms. The van der Waals surface area contributed by atoms with Gasteiger partial charge in [-0.05, 0) is 77.1 Å². The van der Waals surface area contributed by atoms with E-state index in [1.807, 2.05) is 20.8 Å². The third kappa shape index (κ3) is 6.16. The Labute approximate surface area is 155 Å². The van der Waals surface area contributed by atoms with Crippen LogP contribution in [0.4, 0.5) is 9.18 Å². The van der Waals surface area contributed by atoms with Crippen molar-refractivity contribution in [1.82, 2.24) is 4.90 Å². The lowest BCUT2D eigenvalue weighted by Crippen LogP contribution is -2.46. The average Bonchev–Trinajstić information content (AvgIpc) is 2.96. The molecule has 2 atom stereocenters. The van der Waals surface area contributed by atoms with Crippen molar-refractivity contribution in [3.05, 3.63) is 30.1 Å². The zero-order chi connectivity index (χ0) is 19.2. The fourth-order valence-electron chi connectivity index (χ4n) is 3.24. The summed E-state index contributed by atoms with van der Waals surface area (Å²) in [6.07, 6.45) is 3.84. The Morgan fingerprint density at radius 2 is 1.85 bits per heavy atom. The fraction of sp³-hybridized carbons (Fsp3) is 0.650. The number of halogens is 1. The van der Waals surface area contributed by atoms with Crippen LogP contribution in [-0.2, 0) is 4.74 Å². The zero-order valence-electron chi connectivity index (χ0n) is 15.9. The van der Waals surface area contributed by atoms with Gasteiger partial charge in [0.25, 0.3) is 0 Å². The SMILES string of the molecule is CC(C)(C)OC(=O)N1C(CCCCO)CC[C@H]1COc1ccc(F)cc1. The van der Waals surface area contributed by atoms with Gasteiger partial charge in [-0.3, -0.25) is 4.90 Å². The smallest absolute Gasteiger partial charge is 0.410 e. The predicted molar refractivity (Wildman–Crippen MR) is 97.7 cm³/mol. The number of likely N-dealkylation sites (tertiary alicyclic amines) is 1. The average molecular weight is 367 g/mol. The summed E-state index contributed by atoms with van der Waals surface area (Å²) < 4.78 is 24.4. The third-order valence-corrected chi connectivity index (χ3v) is 4.43. The number of hydrogen-bond acceptors (Lipinski definition) is 4. The second kappa shape index (κ2) is 9.21. The first-order valence-electron chi connectivity index (χ1n) is 9.30. The van der Waals surface area contributed by atoms with Crippen LogP contribution in [0.1, 0.15) is 52.9 Å². The molecule has 0 radical (unpaired) electrons. The molecule has 2 rings (SSSR count). The van der Waals surface area contributed by atoms with Crippen LogP contribution >= 0.6 is 0 Å². The molecule has 0 spiro atoms. The van der Waals surface area contributed by atoms with Crippen LogP contribution in [-0.4, -0.2) is 47.0 Å². The molecular weight excluding hydrogens is 337 g/mol. The maximum absolute atomic E-state index is 13.0. The van der Waals surface area contributed by atoms with Gasteiger partial charge in [-0.25, -0.2) is 9.18 Å².